The number of para-hydroxylation sites is 2. The minimum Gasteiger partial charge on any atom is -0.467 e. The summed E-state index contributed by atoms with van der Waals surface area (Å²) in [5.74, 6) is 0.953. The van der Waals surface area contributed by atoms with Crippen molar-refractivity contribution in [3.63, 3.8) is 0 Å². The number of benzene rings is 1. The van der Waals surface area contributed by atoms with E-state index in [2.05, 4.69) is 24.5 Å². The Kier molecular flexibility index (Phi) is 3.08. The SMILES string of the molecule is CC1(C)CC(=O)C2=C(C1)Nc1ccccc1N[C@H]2c1ccco1. The predicted molar refractivity (Wildman–Crippen MR) is 90.2 cm³/mol. The van der Waals surface area contributed by atoms with Crippen molar-refractivity contribution in [1.82, 2.24) is 0 Å². The number of nitrogens with one attached hydrogen (secondary N) is 2. The van der Waals surface area contributed by atoms with Crippen LogP contribution < -0.4 is 10.6 Å². The lowest BCUT2D eigenvalue weighted by atomic mass is 9.74. The Bertz CT molecular complexity index is 787. The molecule has 0 amide bonds. The van der Waals surface area contributed by atoms with Crippen LogP contribution in [0.3, 0.4) is 0 Å². The van der Waals surface area contributed by atoms with E-state index < -0.39 is 0 Å². The van der Waals surface area contributed by atoms with Gasteiger partial charge in [0.1, 0.15) is 11.8 Å². The van der Waals surface area contributed by atoms with Crippen LogP contribution in [0, 0.1) is 5.41 Å². The molecule has 0 fully saturated rings. The molecule has 0 unspecified atom stereocenters. The number of carbonyl (C=O) groups excluding carboxylic acids is 1. The van der Waals surface area contributed by atoms with Crippen LogP contribution in [0.1, 0.15) is 38.5 Å². The number of rotatable bonds is 1. The van der Waals surface area contributed by atoms with Crippen LogP contribution in [0.5, 0.6) is 0 Å². The number of ketones is 1. The van der Waals surface area contributed by atoms with Crippen LogP contribution in [0.25, 0.3) is 0 Å². The number of Topliss-reactive ketones (excluding diaryl/α,β-unsaturated/α-hetero) is 1. The van der Waals surface area contributed by atoms with Crippen LogP contribution in [0.15, 0.2) is 58.3 Å². The summed E-state index contributed by atoms with van der Waals surface area (Å²) in [6.07, 6.45) is 3.06. The monoisotopic (exact) mass is 308 g/mol. The highest BCUT2D eigenvalue weighted by Gasteiger charge is 2.39. The Balaban J connectivity index is 1.88. The van der Waals surface area contributed by atoms with Crippen LogP contribution >= 0.6 is 0 Å². The molecule has 0 saturated heterocycles. The minimum atomic E-state index is -0.250. The van der Waals surface area contributed by atoms with Crippen LogP contribution in [-0.2, 0) is 4.79 Å². The summed E-state index contributed by atoms with van der Waals surface area (Å²) in [6, 6.07) is 11.6. The molecule has 1 aliphatic carbocycles. The van der Waals surface area contributed by atoms with Crippen LogP contribution in [0.2, 0.25) is 0 Å². The zero-order valence-electron chi connectivity index (χ0n) is 13.3. The maximum Gasteiger partial charge on any atom is 0.163 e. The van der Waals surface area contributed by atoms with Gasteiger partial charge in [0.2, 0.25) is 0 Å². The van der Waals surface area contributed by atoms with E-state index in [9.17, 15) is 4.79 Å². The third-order valence-electron chi connectivity index (χ3n) is 4.55. The molecule has 2 N–H and O–H groups in total. The Morgan fingerprint density at radius 1 is 1.09 bits per heavy atom. The van der Waals surface area contributed by atoms with E-state index >= 15 is 0 Å². The van der Waals surface area contributed by atoms with E-state index in [0.29, 0.717) is 6.42 Å². The third kappa shape index (κ3) is 2.44. The van der Waals surface area contributed by atoms with Crippen molar-refractivity contribution in [2.24, 2.45) is 5.41 Å². The van der Waals surface area contributed by atoms with Crippen molar-refractivity contribution in [2.45, 2.75) is 32.7 Å². The summed E-state index contributed by atoms with van der Waals surface area (Å²) in [7, 11) is 0. The molecule has 1 aliphatic heterocycles. The van der Waals surface area contributed by atoms with Crippen molar-refractivity contribution in [2.75, 3.05) is 10.6 Å². The highest BCUT2D eigenvalue weighted by molar-refractivity contribution is 6.00. The molecule has 0 radical (unpaired) electrons. The lowest BCUT2D eigenvalue weighted by molar-refractivity contribution is -0.118. The smallest absolute Gasteiger partial charge is 0.163 e. The second-order valence-electron chi connectivity index (χ2n) is 7.10. The first kappa shape index (κ1) is 14.1. The average molecular weight is 308 g/mol. The molecule has 4 nitrogen and oxygen atoms in total. The fourth-order valence-electron chi connectivity index (χ4n) is 3.56. The number of allylic oxidation sites excluding steroid dienone is 1. The Morgan fingerprint density at radius 3 is 2.61 bits per heavy atom. The van der Waals surface area contributed by atoms with Gasteiger partial charge in [-0.1, -0.05) is 26.0 Å². The molecule has 2 heterocycles. The van der Waals surface area contributed by atoms with Crippen molar-refractivity contribution >= 4 is 17.2 Å². The molecule has 4 rings (SSSR count). The first-order valence-electron chi connectivity index (χ1n) is 7.96. The number of hydrogen-bond acceptors (Lipinski definition) is 4. The Labute approximate surface area is 135 Å². The number of furan rings is 1. The van der Waals surface area contributed by atoms with Gasteiger partial charge in [-0.2, -0.15) is 0 Å². The summed E-state index contributed by atoms with van der Waals surface area (Å²) in [6.45, 7) is 4.28. The molecular weight excluding hydrogens is 288 g/mol. The zero-order valence-corrected chi connectivity index (χ0v) is 13.3. The van der Waals surface area contributed by atoms with E-state index in [4.69, 9.17) is 4.42 Å². The zero-order chi connectivity index (χ0) is 16.0. The van der Waals surface area contributed by atoms with Gasteiger partial charge >= 0.3 is 0 Å². The van der Waals surface area contributed by atoms with Crippen molar-refractivity contribution in [3.05, 3.63) is 59.7 Å². The highest BCUT2D eigenvalue weighted by atomic mass is 16.3. The molecular formula is C19H20N2O2. The standard InChI is InChI=1S/C19H20N2O2/c1-19(2)10-14-17(15(22)11-19)18(16-8-5-9-23-16)21-13-7-4-3-6-12(13)20-14/h3-9,18,20-21H,10-11H2,1-2H3/t18-/m0/s1. The average Bonchev–Trinajstić information content (AvgIpc) is 2.95. The molecule has 23 heavy (non-hydrogen) atoms. The number of anilines is 2. The van der Waals surface area contributed by atoms with Gasteiger partial charge in [-0.15, -0.1) is 0 Å². The summed E-state index contributed by atoms with van der Waals surface area (Å²) < 4.78 is 5.62. The Hall–Kier alpha value is -2.49. The number of hydrogen-bond donors (Lipinski definition) is 2. The molecule has 1 atom stereocenters. The van der Waals surface area contributed by atoms with Gasteiger partial charge in [0, 0.05) is 17.7 Å². The molecule has 2 aromatic rings. The maximum atomic E-state index is 12.9. The van der Waals surface area contributed by atoms with Gasteiger partial charge in [-0.3, -0.25) is 4.79 Å². The molecule has 118 valence electrons. The fraction of sp³-hybridized carbons (Fsp3) is 0.316. The molecule has 1 aromatic carbocycles. The first-order valence-corrected chi connectivity index (χ1v) is 7.96. The lowest BCUT2D eigenvalue weighted by Crippen LogP contribution is -2.31. The summed E-state index contributed by atoms with van der Waals surface area (Å²) in [4.78, 5) is 12.9. The van der Waals surface area contributed by atoms with E-state index in [1.807, 2.05) is 36.4 Å². The van der Waals surface area contributed by atoms with Gasteiger partial charge in [-0.05, 0) is 36.1 Å². The third-order valence-corrected chi connectivity index (χ3v) is 4.55. The summed E-state index contributed by atoms with van der Waals surface area (Å²) >= 11 is 0. The van der Waals surface area contributed by atoms with E-state index in [0.717, 1.165) is 34.8 Å². The maximum absolute atomic E-state index is 12.9. The topological polar surface area (TPSA) is 54.3 Å². The van der Waals surface area contributed by atoms with Crippen molar-refractivity contribution in [1.29, 1.82) is 0 Å². The second kappa shape index (κ2) is 5.01. The molecule has 2 aliphatic rings. The quantitative estimate of drug-likeness (QED) is 0.814. The lowest BCUT2D eigenvalue weighted by Gasteiger charge is -2.33. The van der Waals surface area contributed by atoms with Gasteiger partial charge < -0.3 is 15.1 Å². The molecule has 0 bridgehead atoms. The van der Waals surface area contributed by atoms with Crippen LogP contribution in [-0.4, -0.2) is 5.78 Å². The predicted octanol–water partition coefficient (Wildman–Crippen LogP) is 4.50. The second-order valence-corrected chi connectivity index (χ2v) is 7.10. The summed E-state index contributed by atoms with van der Waals surface area (Å²) in [5.41, 5.74) is 3.75. The first-order chi connectivity index (χ1) is 11.0. The Morgan fingerprint density at radius 2 is 1.87 bits per heavy atom. The van der Waals surface area contributed by atoms with Gasteiger partial charge in [0.15, 0.2) is 5.78 Å². The number of fused-ring (bicyclic) bond motifs is 1. The van der Waals surface area contributed by atoms with E-state index in [1.165, 1.54) is 0 Å². The van der Waals surface area contributed by atoms with E-state index in [1.54, 1.807) is 6.26 Å². The molecule has 1 aromatic heterocycles. The van der Waals surface area contributed by atoms with Crippen molar-refractivity contribution < 1.29 is 9.21 Å². The van der Waals surface area contributed by atoms with Crippen molar-refractivity contribution in [3.8, 4) is 0 Å². The fourth-order valence-corrected chi connectivity index (χ4v) is 3.56. The number of carbonyl (C=O) groups is 1. The van der Waals surface area contributed by atoms with Gasteiger partial charge in [-0.25, -0.2) is 0 Å². The summed E-state index contributed by atoms with van der Waals surface area (Å²) in [5, 5.41) is 6.98. The van der Waals surface area contributed by atoms with Gasteiger partial charge in [0.25, 0.3) is 0 Å². The van der Waals surface area contributed by atoms with Crippen LogP contribution in [0.4, 0.5) is 11.4 Å². The highest BCUT2D eigenvalue weighted by Crippen LogP contribution is 2.45. The molecule has 4 heteroatoms. The van der Waals surface area contributed by atoms with Gasteiger partial charge in [0.05, 0.1) is 17.6 Å². The largest absolute Gasteiger partial charge is 0.467 e. The minimum absolute atomic E-state index is 0.0318. The normalized spacial score (nSPS) is 22.5. The molecule has 0 spiro atoms. The van der Waals surface area contributed by atoms with E-state index in [-0.39, 0.29) is 17.2 Å². The molecule has 0 saturated carbocycles.